The van der Waals surface area contributed by atoms with Crippen molar-refractivity contribution >= 4 is 9.84 Å². The third kappa shape index (κ3) is 2.52. The van der Waals surface area contributed by atoms with E-state index >= 15 is 0 Å². The minimum atomic E-state index is -3.19. The van der Waals surface area contributed by atoms with Gasteiger partial charge in [0.05, 0.1) is 4.90 Å². The highest BCUT2D eigenvalue weighted by molar-refractivity contribution is 7.90. The molecule has 0 aliphatic heterocycles. The maximum absolute atomic E-state index is 11.2. The first-order valence-corrected chi connectivity index (χ1v) is 6.25. The van der Waals surface area contributed by atoms with Crippen molar-refractivity contribution in [2.24, 2.45) is 5.73 Å². The number of aromatic nitrogens is 1. The Morgan fingerprint density at radius 1 is 1.50 bits per heavy atom. The monoisotopic (exact) mass is 214 g/mol. The lowest BCUT2D eigenvalue weighted by atomic mass is 10.1. The highest BCUT2D eigenvalue weighted by atomic mass is 32.2. The molecule has 5 heteroatoms. The standard InChI is InChI=1S/C9H14N2O2S/c1-3-9(10)7-4-8(6-11-5-7)14(2,12)13/h4-6,9H,3,10H2,1-2H3/t9-/m1/s1. The molecule has 0 amide bonds. The highest BCUT2D eigenvalue weighted by Gasteiger charge is 2.10. The summed E-state index contributed by atoms with van der Waals surface area (Å²) in [4.78, 5) is 4.08. The Bertz CT molecular complexity index is 415. The zero-order valence-corrected chi connectivity index (χ0v) is 9.08. The van der Waals surface area contributed by atoms with Crippen molar-refractivity contribution in [3.63, 3.8) is 0 Å². The lowest BCUT2D eigenvalue weighted by molar-refractivity contribution is 0.600. The quantitative estimate of drug-likeness (QED) is 0.811. The van der Waals surface area contributed by atoms with Crippen molar-refractivity contribution < 1.29 is 8.42 Å². The fourth-order valence-corrected chi connectivity index (χ4v) is 1.68. The van der Waals surface area contributed by atoms with Crippen LogP contribution in [0.4, 0.5) is 0 Å². The summed E-state index contributed by atoms with van der Waals surface area (Å²) in [6, 6.07) is 1.43. The summed E-state index contributed by atoms with van der Waals surface area (Å²) in [5.74, 6) is 0. The SMILES string of the molecule is CC[C@@H](N)c1cncc(S(C)(=O)=O)c1. The summed E-state index contributed by atoms with van der Waals surface area (Å²) in [5, 5.41) is 0. The second-order valence-corrected chi connectivity index (χ2v) is 5.26. The molecule has 2 N–H and O–H groups in total. The van der Waals surface area contributed by atoms with Crippen LogP contribution in [0.25, 0.3) is 0 Å². The predicted octanol–water partition coefficient (Wildman–Crippen LogP) is 0.895. The molecule has 1 rings (SSSR count). The van der Waals surface area contributed by atoms with Crippen molar-refractivity contribution in [3.8, 4) is 0 Å². The largest absolute Gasteiger partial charge is 0.324 e. The molecule has 1 heterocycles. The van der Waals surface area contributed by atoms with Crippen LogP contribution in [0, 0.1) is 0 Å². The van der Waals surface area contributed by atoms with Gasteiger partial charge in [0.25, 0.3) is 0 Å². The molecule has 0 unspecified atom stereocenters. The van der Waals surface area contributed by atoms with E-state index in [0.717, 1.165) is 18.2 Å². The van der Waals surface area contributed by atoms with E-state index in [1.54, 1.807) is 12.3 Å². The van der Waals surface area contributed by atoms with Gasteiger partial charge >= 0.3 is 0 Å². The fourth-order valence-electron chi connectivity index (χ4n) is 1.08. The molecular weight excluding hydrogens is 200 g/mol. The van der Waals surface area contributed by atoms with Crippen molar-refractivity contribution in [1.29, 1.82) is 0 Å². The molecule has 0 bridgehead atoms. The number of pyridine rings is 1. The second kappa shape index (κ2) is 4.06. The number of sulfone groups is 1. The molecule has 0 aliphatic carbocycles. The van der Waals surface area contributed by atoms with Crippen LogP contribution < -0.4 is 5.73 Å². The molecule has 0 saturated heterocycles. The van der Waals surface area contributed by atoms with Crippen molar-refractivity contribution in [2.75, 3.05) is 6.26 Å². The first-order chi connectivity index (χ1) is 6.45. The number of nitrogens with zero attached hydrogens (tertiary/aromatic N) is 1. The molecule has 0 aliphatic rings. The average Bonchev–Trinajstić information content (AvgIpc) is 2.15. The van der Waals surface area contributed by atoms with Gasteiger partial charge in [-0.3, -0.25) is 4.98 Å². The topological polar surface area (TPSA) is 73.0 Å². The minimum Gasteiger partial charge on any atom is -0.324 e. The summed E-state index contributed by atoms with van der Waals surface area (Å²) >= 11 is 0. The van der Waals surface area contributed by atoms with Crippen LogP contribution in [0.3, 0.4) is 0 Å². The molecule has 0 saturated carbocycles. The Hall–Kier alpha value is -0.940. The molecule has 0 aromatic carbocycles. The molecule has 14 heavy (non-hydrogen) atoms. The molecule has 1 aromatic rings. The lowest BCUT2D eigenvalue weighted by Crippen LogP contribution is -2.10. The van der Waals surface area contributed by atoms with Gasteiger partial charge in [0, 0.05) is 24.7 Å². The van der Waals surface area contributed by atoms with Crippen LogP contribution in [0.2, 0.25) is 0 Å². The molecule has 78 valence electrons. The second-order valence-electron chi connectivity index (χ2n) is 3.24. The maximum Gasteiger partial charge on any atom is 0.177 e. The third-order valence-corrected chi connectivity index (χ3v) is 3.11. The predicted molar refractivity (Wildman–Crippen MR) is 54.6 cm³/mol. The third-order valence-electron chi connectivity index (χ3n) is 2.03. The van der Waals surface area contributed by atoms with Crippen molar-refractivity contribution in [2.45, 2.75) is 24.3 Å². The zero-order chi connectivity index (χ0) is 10.8. The van der Waals surface area contributed by atoms with Gasteiger partial charge in [-0.05, 0) is 18.1 Å². The first-order valence-electron chi connectivity index (χ1n) is 4.35. The van der Waals surface area contributed by atoms with E-state index in [2.05, 4.69) is 4.98 Å². The summed E-state index contributed by atoms with van der Waals surface area (Å²) < 4.78 is 22.4. The Morgan fingerprint density at radius 2 is 2.14 bits per heavy atom. The van der Waals surface area contributed by atoms with E-state index in [4.69, 9.17) is 5.73 Å². The number of rotatable bonds is 3. The van der Waals surface area contributed by atoms with Gasteiger partial charge in [0.2, 0.25) is 0 Å². The number of hydrogen-bond donors (Lipinski definition) is 1. The highest BCUT2D eigenvalue weighted by Crippen LogP contribution is 2.16. The van der Waals surface area contributed by atoms with Gasteiger partial charge in [-0.2, -0.15) is 0 Å². The van der Waals surface area contributed by atoms with E-state index < -0.39 is 9.84 Å². The van der Waals surface area contributed by atoms with E-state index in [-0.39, 0.29) is 10.9 Å². The zero-order valence-electron chi connectivity index (χ0n) is 8.27. The molecule has 1 aromatic heterocycles. The normalized spacial score (nSPS) is 13.9. The number of hydrogen-bond acceptors (Lipinski definition) is 4. The molecule has 0 fully saturated rings. The smallest absolute Gasteiger partial charge is 0.177 e. The number of nitrogens with two attached hydrogens (primary N) is 1. The average molecular weight is 214 g/mol. The summed E-state index contributed by atoms with van der Waals surface area (Å²) in [7, 11) is -3.19. The maximum atomic E-state index is 11.2. The van der Waals surface area contributed by atoms with E-state index in [1.807, 2.05) is 6.92 Å². The van der Waals surface area contributed by atoms with E-state index in [0.29, 0.717) is 0 Å². The van der Waals surface area contributed by atoms with Gasteiger partial charge in [-0.1, -0.05) is 6.92 Å². The molecule has 1 atom stereocenters. The Labute approximate surface area is 84.1 Å². The van der Waals surface area contributed by atoms with E-state index in [9.17, 15) is 8.42 Å². The lowest BCUT2D eigenvalue weighted by Gasteiger charge is -2.09. The molecular formula is C9H14N2O2S. The minimum absolute atomic E-state index is 0.149. The van der Waals surface area contributed by atoms with Crippen molar-refractivity contribution in [1.82, 2.24) is 4.98 Å². The van der Waals surface area contributed by atoms with Crippen LogP contribution in [0.1, 0.15) is 24.9 Å². The van der Waals surface area contributed by atoms with Crippen molar-refractivity contribution in [3.05, 3.63) is 24.0 Å². The van der Waals surface area contributed by atoms with Crippen LogP contribution in [0.5, 0.6) is 0 Å². The first kappa shape index (κ1) is 11.1. The Balaban J connectivity index is 3.14. The van der Waals surface area contributed by atoms with Gasteiger partial charge in [-0.25, -0.2) is 8.42 Å². The fraction of sp³-hybridized carbons (Fsp3) is 0.444. The van der Waals surface area contributed by atoms with Crippen LogP contribution in [-0.4, -0.2) is 19.7 Å². The molecule has 0 spiro atoms. The van der Waals surface area contributed by atoms with Gasteiger partial charge in [0.15, 0.2) is 9.84 Å². The van der Waals surface area contributed by atoms with Gasteiger partial charge < -0.3 is 5.73 Å². The van der Waals surface area contributed by atoms with Gasteiger partial charge in [0.1, 0.15) is 0 Å². The molecule has 4 nitrogen and oxygen atoms in total. The van der Waals surface area contributed by atoms with Crippen LogP contribution in [0.15, 0.2) is 23.4 Å². The Morgan fingerprint density at radius 3 is 2.64 bits per heavy atom. The Kier molecular flexibility index (Phi) is 3.23. The van der Waals surface area contributed by atoms with E-state index in [1.165, 1.54) is 6.20 Å². The summed E-state index contributed by atoms with van der Waals surface area (Å²) in [5.41, 5.74) is 6.53. The van der Waals surface area contributed by atoms with Crippen LogP contribution in [-0.2, 0) is 9.84 Å². The van der Waals surface area contributed by atoms with Gasteiger partial charge in [-0.15, -0.1) is 0 Å². The summed E-state index contributed by atoms with van der Waals surface area (Å²) in [6.07, 6.45) is 4.85. The van der Waals surface area contributed by atoms with Crippen LogP contribution >= 0.6 is 0 Å². The summed E-state index contributed by atoms with van der Waals surface area (Å²) in [6.45, 7) is 1.94. The molecule has 0 radical (unpaired) electrons.